The molecule has 0 saturated heterocycles. The Kier molecular flexibility index (Phi) is 5.44. The third-order valence-corrected chi connectivity index (χ3v) is 4.17. The zero-order valence-corrected chi connectivity index (χ0v) is 12.2. The van der Waals surface area contributed by atoms with Gasteiger partial charge in [-0.25, -0.2) is 8.78 Å². The quantitative estimate of drug-likeness (QED) is 0.857. The molecule has 0 radical (unpaired) electrons. The Hall–Kier alpha value is -1.00. The lowest BCUT2D eigenvalue weighted by molar-refractivity contribution is 0.0831. The van der Waals surface area contributed by atoms with Gasteiger partial charge in [0.1, 0.15) is 11.6 Å². The van der Waals surface area contributed by atoms with Gasteiger partial charge in [-0.2, -0.15) is 0 Å². The highest BCUT2D eigenvalue weighted by molar-refractivity contribution is 5.25. The minimum Gasteiger partial charge on any atom is -0.322 e. The van der Waals surface area contributed by atoms with Crippen molar-refractivity contribution < 1.29 is 8.78 Å². The Balaban J connectivity index is 3.17. The molecule has 0 heterocycles. The SMILES string of the molecule is CCN(CC)C(C)(CC)C(N)c1ccc(F)cc1F. The summed E-state index contributed by atoms with van der Waals surface area (Å²) in [5.41, 5.74) is 6.31. The molecule has 2 nitrogen and oxygen atoms in total. The number of halogens is 2. The Labute approximate surface area is 114 Å². The van der Waals surface area contributed by atoms with Crippen molar-refractivity contribution in [3.8, 4) is 0 Å². The van der Waals surface area contributed by atoms with Crippen molar-refractivity contribution in [2.75, 3.05) is 13.1 Å². The number of benzene rings is 1. The van der Waals surface area contributed by atoms with Gasteiger partial charge in [-0.3, -0.25) is 4.90 Å². The molecule has 1 aromatic rings. The summed E-state index contributed by atoms with van der Waals surface area (Å²) >= 11 is 0. The predicted molar refractivity (Wildman–Crippen MR) is 74.9 cm³/mol. The summed E-state index contributed by atoms with van der Waals surface area (Å²) in [7, 11) is 0. The summed E-state index contributed by atoms with van der Waals surface area (Å²) in [6.07, 6.45) is 0.798. The fourth-order valence-corrected chi connectivity index (χ4v) is 2.67. The molecule has 0 aromatic heterocycles. The van der Waals surface area contributed by atoms with E-state index in [4.69, 9.17) is 5.73 Å². The second kappa shape index (κ2) is 6.44. The van der Waals surface area contributed by atoms with Crippen LogP contribution in [0.4, 0.5) is 8.78 Å². The molecular formula is C15H24F2N2. The second-order valence-corrected chi connectivity index (χ2v) is 5.03. The van der Waals surface area contributed by atoms with Gasteiger partial charge in [-0.1, -0.05) is 26.8 Å². The van der Waals surface area contributed by atoms with Gasteiger partial charge in [0.2, 0.25) is 0 Å². The van der Waals surface area contributed by atoms with Crippen molar-refractivity contribution in [1.29, 1.82) is 0 Å². The first-order chi connectivity index (χ1) is 8.90. The zero-order valence-electron chi connectivity index (χ0n) is 12.2. The summed E-state index contributed by atoms with van der Waals surface area (Å²) in [4.78, 5) is 2.22. The lowest BCUT2D eigenvalue weighted by atomic mass is 9.83. The molecule has 0 aliphatic carbocycles. The Morgan fingerprint density at radius 3 is 2.21 bits per heavy atom. The van der Waals surface area contributed by atoms with Crippen molar-refractivity contribution >= 4 is 0 Å². The van der Waals surface area contributed by atoms with Gasteiger partial charge < -0.3 is 5.73 Å². The molecule has 19 heavy (non-hydrogen) atoms. The van der Waals surface area contributed by atoms with E-state index in [9.17, 15) is 8.78 Å². The number of likely N-dealkylation sites (N-methyl/N-ethyl adjacent to an activating group) is 1. The largest absolute Gasteiger partial charge is 0.322 e. The van der Waals surface area contributed by atoms with Crippen LogP contribution >= 0.6 is 0 Å². The molecule has 0 bridgehead atoms. The first-order valence-corrected chi connectivity index (χ1v) is 6.86. The molecule has 2 atom stereocenters. The maximum Gasteiger partial charge on any atom is 0.130 e. The van der Waals surface area contributed by atoms with Gasteiger partial charge in [-0.15, -0.1) is 0 Å². The Morgan fingerprint density at radius 1 is 1.21 bits per heavy atom. The van der Waals surface area contributed by atoms with E-state index in [1.54, 1.807) is 0 Å². The van der Waals surface area contributed by atoms with Crippen LogP contribution in [-0.2, 0) is 0 Å². The molecule has 1 aromatic carbocycles. The third kappa shape index (κ3) is 3.12. The van der Waals surface area contributed by atoms with Gasteiger partial charge in [0.25, 0.3) is 0 Å². The maximum atomic E-state index is 13.9. The average Bonchev–Trinajstić information content (AvgIpc) is 2.39. The van der Waals surface area contributed by atoms with Crippen molar-refractivity contribution in [3.05, 3.63) is 35.4 Å². The lowest BCUT2D eigenvalue weighted by Gasteiger charge is -2.44. The third-order valence-electron chi connectivity index (χ3n) is 4.17. The van der Waals surface area contributed by atoms with Crippen molar-refractivity contribution in [1.82, 2.24) is 4.90 Å². The van der Waals surface area contributed by atoms with Crippen LogP contribution in [0.3, 0.4) is 0 Å². The lowest BCUT2D eigenvalue weighted by Crippen LogP contribution is -2.53. The van der Waals surface area contributed by atoms with E-state index < -0.39 is 17.7 Å². The van der Waals surface area contributed by atoms with Gasteiger partial charge in [0, 0.05) is 17.2 Å². The topological polar surface area (TPSA) is 29.3 Å². The molecule has 0 saturated carbocycles. The summed E-state index contributed by atoms with van der Waals surface area (Å²) in [5, 5.41) is 0. The van der Waals surface area contributed by atoms with Crippen molar-refractivity contribution in [2.45, 2.75) is 45.7 Å². The predicted octanol–water partition coefficient (Wildman–Crippen LogP) is 3.48. The molecule has 0 amide bonds. The first kappa shape index (κ1) is 16.1. The van der Waals surface area contributed by atoms with Crippen LogP contribution in [0.15, 0.2) is 18.2 Å². The fraction of sp³-hybridized carbons (Fsp3) is 0.600. The molecule has 0 fully saturated rings. The highest BCUT2D eigenvalue weighted by Crippen LogP contribution is 2.33. The molecule has 0 aliphatic heterocycles. The molecular weight excluding hydrogens is 246 g/mol. The van der Waals surface area contributed by atoms with Gasteiger partial charge >= 0.3 is 0 Å². The minimum absolute atomic E-state index is 0.345. The van der Waals surface area contributed by atoms with Crippen LogP contribution in [-0.4, -0.2) is 23.5 Å². The normalized spacial score (nSPS) is 16.4. The zero-order chi connectivity index (χ0) is 14.6. The summed E-state index contributed by atoms with van der Waals surface area (Å²) in [5.74, 6) is -1.14. The summed E-state index contributed by atoms with van der Waals surface area (Å²) in [6.45, 7) is 9.89. The van der Waals surface area contributed by atoms with E-state index in [-0.39, 0.29) is 5.54 Å². The van der Waals surface area contributed by atoms with E-state index >= 15 is 0 Å². The smallest absolute Gasteiger partial charge is 0.130 e. The van der Waals surface area contributed by atoms with Gasteiger partial charge in [0.05, 0.1) is 6.04 Å². The average molecular weight is 270 g/mol. The molecule has 1 rings (SSSR count). The van der Waals surface area contributed by atoms with Crippen LogP contribution < -0.4 is 5.73 Å². The van der Waals surface area contributed by atoms with Crippen molar-refractivity contribution in [3.63, 3.8) is 0 Å². The van der Waals surface area contributed by atoms with E-state index in [1.807, 2.05) is 13.8 Å². The monoisotopic (exact) mass is 270 g/mol. The van der Waals surface area contributed by atoms with Crippen LogP contribution in [0.25, 0.3) is 0 Å². The minimum atomic E-state index is -0.575. The van der Waals surface area contributed by atoms with E-state index in [1.165, 1.54) is 12.1 Å². The van der Waals surface area contributed by atoms with E-state index in [2.05, 4.69) is 18.7 Å². The molecule has 2 N–H and O–H groups in total. The molecule has 108 valence electrons. The number of hydrogen-bond acceptors (Lipinski definition) is 2. The Bertz CT molecular complexity index is 419. The number of nitrogens with two attached hydrogens (primary N) is 1. The fourth-order valence-electron chi connectivity index (χ4n) is 2.67. The highest BCUT2D eigenvalue weighted by Gasteiger charge is 2.36. The van der Waals surface area contributed by atoms with Gasteiger partial charge in [0.15, 0.2) is 0 Å². The van der Waals surface area contributed by atoms with Crippen LogP contribution in [0, 0.1) is 11.6 Å². The molecule has 4 heteroatoms. The number of hydrogen-bond donors (Lipinski definition) is 1. The summed E-state index contributed by atoms with van der Waals surface area (Å²) in [6, 6.07) is 3.12. The first-order valence-electron chi connectivity index (χ1n) is 6.86. The standard InChI is InChI=1S/C15H24F2N2/c1-5-15(4,19(6-2)7-3)14(18)12-9-8-11(16)10-13(12)17/h8-10,14H,5-7,18H2,1-4H3. The highest BCUT2D eigenvalue weighted by atomic mass is 19.1. The van der Waals surface area contributed by atoms with Crippen LogP contribution in [0.1, 0.15) is 45.7 Å². The second-order valence-electron chi connectivity index (χ2n) is 5.03. The van der Waals surface area contributed by atoms with Crippen LogP contribution in [0.2, 0.25) is 0 Å². The number of nitrogens with zero attached hydrogens (tertiary/aromatic N) is 1. The Morgan fingerprint density at radius 2 is 1.79 bits per heavy atom. The van der Waals surface area contributed by atoms with Crippen molar-refractivity contribution in [2.24, 2.45) is 5.73 Å². The van der Waals surface area contributed by atoms with E-state index in [0.29, 0.717) is 5.56 Å². The maximum absolute atomic E-state index is 13.9. The van der Waals surface area contributed by atoms with Crippen LogP contribution in [0.5, 0.6) is 0 Å². The molecule has 0 aliphatic rings. The summed E-state index contributed by atoms with van der Waals surface area (Å²) < 4.78 is 26.9. The molecule has 0 spiro atoms. The molecule has 2 unspecified atom stereocenters. The van der Waals surface area contributed by atoms with Gasteiger partial charge in [-0.05, 0) is 32.5 Å². The number of rotatable bonds is 6. The van der Waals surface area contributed by atoms with E-state index in [0.717, 1.165) is 25.6 Å².